The minimum absolute atomic E-state index is 0.221. The number of aliphatic hydroxyl groups excluding tert-OH is 1. The van der Waals surface area contributed by atoms with Crippen LogP contribution < -0.4 is 0 Å². The smallest absolute Gasteiger partial charge is 0.0873 e. The third-order valence-corrected chi connectivity index (χ3v) is 5.05. The lowest BCUT2D eigenvalue weighted by atomic mass is 9.72. The first kappa shape index (κ1) is 10.6. The van der Waals surface area contributed by atoms with E-state index >= 15 is 0 Å². The number of hydrogen-bond donors (Lipinski definition) is 1. The molecule has 16 heavy (non-hydrogen) atoms. The molecule has 2 fully saturated rings. The Labute approximate surface area is 97.7 Å². The van der Waals surface area contributed by atoms with E-state index in [1.54, 1.807) is 0 Å². The van der Waals surface area contributed by atoms with Crippen molar-refractivity contribution < 1.29 is 5.11 Å². The van der Waals surface area contributed by atoms with E-state index in [-0.39, 0.29) is 6.10 Å². The van der Waals surface area contributed by atoms with E-state index in [9.17, 15) is 5.11 Å². The van der Waals surface area contributed by atoms with Gasteiger partial charge in [-0.2, -0.15) is 0 Å². The molecule has 0 aromatic heterocycles. The Bertz CT molecular complexity index is 341. The van der Waals surface area contributed by atoms with Crippen molar-refractivity contribution in [2.45, 2.75) is 38.5 Å². The normalized spacial score (nSPS) is 47.9. The summed E-state index contributed by atoms with van der Waals surface area (Å²) in [5.74, 6) is 0.663. The fraction of sp³-hybridized carbons (Fsp3) is 0.846. The predicted molar refractivity (Wildman–Crippen MR) is 63.7 cm³/mol. The topological polar surface area (TPSA) is 26.7 Å². The van der Waals surface area contributed by atoms with Gasteiger partial charge in [0.15, 0.2) is 0 Å². The van der Waals surface area contributed by atoms with Crippen molar-refractivity contribution in [3.8, 4) is 0 Å². The second kappa shape index (κ2) is 3.23. The maximum absolute atomic E-state index is 9.77. The highest BCUT2D eigenvalue weighted by molar-refractivity contribution is 5.25. The molecule has 2 saturated heterocycles. The largest absolute Gasteiger partial charge is 0.389 e. The lowest BCUT2D eigenvalue weighted by Crippen LogP contribution is -2.41. The molecule has 3 nitrogen and oxygen atoms in total. The van der Waals surface area contributed by atoms with Crippen molar-refractivity contribution in [2.24, 2.45) is 11.3 Å². The van der Waals surface area contributed by atoms with Crippen LogP contribution in [0.1, 0.15) is 26.2 Å². The molecule has 3 aliphatic rings. The monoisotopic (exact) mass is 222 g/mol. The van der Waals surface area contributed by atoms with Crippen molar-refractivity contribution >= 4 is 0 Å². The fourth-order valence-electron chi connectivity index (χ4n) is 4.32. The Morgan fingerprint density at radius 1 is 1.38 bits per heavy atom. The van der Waals surface area contributed by atoms with E-state index in [2.05, 4.69) is 36.9 Å². The Morgan fingerprint density at radius 2 is 2.12 bits per heavy atom. The molecule has 0 radical (unpaired) electrons. The summed E-state index contributed by atoms with van der Waals surface area (Å²) in [6.45, 7) is 3.64. The maximum atomic E-state index is 9.77. The molecular weight excluding hydrogens is 200 g/mol. The van der Waals surface area contributed by atoms with Crippen LogP contribution in [0.3, 0.4) is 0 Å². The first-order chi connectivity index (χ1) is 7.54. The lowest BCUT2D eigenvalue weighted by molar-refractivity contribution is 0.103. The van der Waals surface area contributed by atoms with Crippen molar-refractivity contribution in [1.29, 1.82) is 0 Å². The Balaban J connectivity index is 2.03. The van der Waals surface area contributed by atoms with Crippen LogP contribution in [0.4, 0.5) is 0 Å². The average molecular weight is 222 g/mol. The van der Waals surface area contributed by atoms with Crippen LogP contribution in [0.5, 0.6) is 0 Å². The number of hydrogen-bond acceptors (Lipinski definition) is 3. The third-order valence-electron chi connectivity index (χ3n) is 5.05. The fourth-order valence-corrected chi connectivity index (χ4v) is 4.32. The molecule has 4 atom stereocenters. The number of likely N-dealkylation sites (tertiary alicyclic amines) is 2. The van der Waals surface area contributed by atoms with E-state index in [1.807, 2.05) is 0 Å². The number of aliphatic hydroxyl groups is 1. The summed E-state index contributed by atoms with van der Waals surface area (Å²) < 4.78 is 0. The highest BCUT2D eigenvalue weighted by Gasteiger charge is 2.57. The second-order valence-corrected chi connectivity index (χ2v) is 6.01. The van der Waals surface area contributed by atoms with Gasteiger partial charge in [-0.05, 0) is 32.4 Å². The van der Waals surface area contributed by atoms with Gasteiger partial charge in [-0.3, -0.25) is 4.90 Å². The highest BCUT2D eigenvalue weighted by Crippen LogP contribution is 2.56. The molecule has 0 aromatic rings. The van der Waals surface area contributed by atoms with Gasteiger partial charge in [-0.1, -0.05) is 6.92 Å². The third kappa shape index (κ3) is 1.16. The van der Waals surface area contributed by atoms with Crippen LogP contribution in [-0.4, -0.2) is 47.8 Å². The number of allylic oxidation sites excluding steroid dienone is 1. The molecule has 3 rings (SSSR count). The SMILES string of the molecule is CN1CCC2(C)C3CCC(O)C=C3N(C)C12. The summed E-state index contributed by atoms with van der Waals surface area (Å²) in [5.41, 5.74) is 1.79. The van der Waals surface area contributed by atoms with Gasteiger partial charge in [-0.15, -0.1) is 0 Å². The van der Waals surface area contributed by atoms with Crippen LogP contribution in [0, 0.1) is 11.3 Å². The minimum atomic E-state index is -0.221. The molecule has 1 N–H and O–H groups in total. The molecule has 2 aliphatic heterocycles. The minimum Gasteiger partial charge on any atom is -0.389 e. The zero-order chi connectivity index (χ0) is 11.5. The molecular formula is C13H22N2O. The molecule has 1 aliphatic carbocycles. The molecule has 0 spiro atoms. The van der Waals surface area contributed by atoms with Crippen LogP contribution in [-0.2, 0) is 0 Å². The van der Waals surface area contributed by atoms with Gasteiger partial charge in [0.1, 0.15) is 0 Å². The van der Waals surface area contributed by atoms with Crippen molar-refractivity contribution in [3.63, 3.8) is 0 Å². The summed E-state index contributed by atoms with van der Waals surface area (Å²) >= 11 is 0. The molecule has 0 saturated carbocycles. The lowest BCUT2D eigenvalue weighted by Gasteiger charge is -2.33. The molecule has 3 heteroatoms. The average Bonchev–Trinajstić information content (AvgIpc) is 2.64. The standard InChI is InChI=1S/C13H22N2O/c1-13-6-7-14(2)12(13)15(3)11-8-9(16)4-5-10(11)13/h8-10,12,16H,4-7H2,1-3H3. The Hall–Kier alpha value is -0.540. The van der Waals surface area contributed by atoms with Crippen LogP contribution in [0.25, 0.3) is 0 Å². The molecule has 4 unspecified atom stereocenters. The molecule has 2 heterocycles. The summed E-state index contributed by atoms with van der Waals surface area (Å²) in [7, 11) is 4.41. The van der Waals surface area contributed by atoms with Gasteiger partial charge in [0, 0.05) is 30.6 Å². The van der Waals surface area contributed by atoms with Crippen molar-refractivity contribution in [1.82, 2.24) is 9.80 Å². The zero-order valence-corrected chi connectivity index (χ0v) is 10.5. The van der Waals surface area contributed by atoms with E-state index in [4.69, 9.17) is 0 Å². The van der Waals surface area contributed by atoms with Crippen LogP contribution in [0.15, 0.2) is 11.8 Å². The Morgan fingerprint density at radius 3 is 2.88 bits per heavy atom. The van der Waals surface area contributed by atoms with E-state index < -0.39 is 0 Å². The quantitative estimate of drug-likeness (QED) is 0.668. The van der Waals surface area contributed by atoms with Gasteiger partial charge < -0.3 is 10.0 Å². The van der Waals surface area contributed by atoms with E-state index in [0.717, 1.165) is 12.8 Å². The predicted octanol–water partition coefficient (Wildman–Crippen LogP) is 1.25. The molecule has 0 bridgehead atoms. The zero-order valence-electron chi connectivity index (χ0n) is 10.5. The summed E-state index contributed by atoms with van der Waals surface area (Å²) in [6, 6.07) is 0. The first-order valence-electron chi connectivity index (χ1n) is 6.37. The van der Waals surface area contributed by atoms with Gasteiger partial charge in [0.05, 0.1) is 12.3 Å². The maximum Gasteiger partial charge on any atom is 0.0873 e. The molecule has 0 amide bonds. The second-order valence-electron chi connectivity index (χ2n) is 6.01. The van der Waals surface area contributed by atoms with Crippen molar-refractivity contribution in [2.75, 3.05) is 20.6 Å². The molecule has 90 valence electrons. The van der Waals surface area contributed by atoms with E-state index in [1.165, 1.54) is 18.7 Å². The number of rotatable bonds is 0. The highest BCUT2D eigenvalue weighted by atomic mass is 16.3. The summed E-state index contributed by atoms with van der Waals surface area (Å²) in [6.07, 6.45) is 5.78. The number of nitrogens with zero attached hydrogens (tertiary/aromatic N) is 2. The molecule has 0 aromatic carbocycles. The summed E-state index contributed by atoms with van der Waals surface area (Å²) in [4.78, 5) is 4.87. The van der Waals surface area contributed by atoms with Gasteiger partial charge >= 0.3 is 0 Å². The number of fused-ring (bicyclic) bond motifs is 3. The van der Waals surface area contributed by atoms with Crippen LogP contribution >= 0.6 is 0 Å². The van der Waals surface area contributed by atoms with Gasteiger partial charge in [-0.25, -0.2) is 0 Å². The Kier molecular flexibility index (Phi) is 2.14. The van der Waals surface area contributed by atoms with Gasteiger partial charge in [0.2, 0.25) is 0 Å². The van der Waals surface area contributed by atoms with E-state index in [0.29, 0.717) is 17.5 Å². The van der Waals surface area contributed by atoms with Crippen molar-refractivity contribution in [3.05, 3.63) is 11.8 Å². The summed E-state index contributed by atoms with van der Waals surface area (Å²) in [5, 5.41) is 9.77. The first-order valence-corrected chi connectivity index (χ1v) is 6.37. The van der Waals surface area contributed by atoms with Crippen LogP contribution in [0.2, 0.25) is 0 Å². The van der Waals surface area contributed by atoms with Gasteiger partial charge in [0.25, 0.3) is 0 Å².